The number of H-pyrrole nitrogens is 1. The number of imidazole rings is 1. The van der Waals surface area contributed by atoms with Crippen molar-refractivity contribution >= 4 is 40.9 Å². The smallest absolute Gasteiger partial charge is 0.408 e. The quantitative estimate of drug-likeness (QED) is 0.287. The maximum Gasteiger partial charge on any atom is 0.408 e. The van der Waals surface area contributed by atoms with Crippen molar-refractivity contribution in [3.8, 4) is 0 Å². The molecule has 0 aliphatic heterocycles. The highest BCUT2D eigenvalue weighted by atomic mass is 32.2. The first-order valence-electron chi connectivity index (χ1n) is 8.03. The van der Waals surface area contributed by atoms with E-state index in [0.29, 0.717) is 16.2 Å². The number of nitrogens with one attached hydrogen (secondary N) is 3. The van der Waals surface area contributed by atoms with Crippen LogP contribution in [0, 0.1) is 5.92 Å². The zero-order valence-electron chi connectivity index (χ0n) is 14.9. The lowest BCUT2D eigenvalue weighted by molar-refractivity contribution is -0.141. The van der Waals surface area contributed by atoms with Crippen LogP contribution in [0.3, 0.4) is 0 Å². The second kappa shape index (κ2) is 9.16. The van der Waals surface area contributed by atoms with Gasteiger partial charge in [-0.2, -0.15) is 0 Å². The number of fused-ring (bicyclic) bond motifs is 1. The molecule has 0 bridgehead atoms. The number of aromatic amines is 1. The van der Waals surface area contributed by atoms with E-state index in [2.05, 4.69) is 30.6 Å². The number of carbonyl (C=O) groups is 3. The molecule has 4 N–H and O–H groups in total. The van der Waals surface area contributed by atoms with Crippen LogP contribution in [0.4, 0.5) is 4.79 Å². The Kier molecular flexibility index (Phi) is 6.93. The molecule has 12 heteroatoms. The van der Waals surface area contributed by atoms with Crippen LogP contribution in [0.15, 0.2) is 17.7 Å². The monoisotopic (exact) mass is 396 g/mol. The second-order valence-corrected chi connectivity index (χ2v) is 6.82. The number of alkyl carbamates (subject to hydrolysis) is 1. The fourth-order valence-electron chi connectivity index (χ4n) is 2.06. The zero-order chi connectivity index (χ0) is 20.0. The number of ether oxygens (including phenoxy) is 1. The van der Waals surface area contributed by atoms with Gasteiger partial charge in [-0.15, -0.1) is 0 Å². The number of hydrogen-bond donors (Lipinski definition) is 4. The van der Waals surface area contributed by atoms with Crippen molar-refractivity contribution in [1.82, 2.24) is 30.6 Å². The molecule has 2 amide bonds. The first kappa shape index (κ1) is 20.4. The summed E-state index contributed by atoms with van der Waals surface area (Å²) in [7, 11) is 0. The largest absolute Gasteiger partial charge is 0.480 e. The third-order valence-corrected chi connectivity index (χ3v) is 4.34. The lowest BCUT2D eigenvalue weighted by atomic mass is 10.0. The third kappa shape index (κ3) is 5.54. The van der Waals surface area contributed by atoms with E-state index in [0.717, 1.165) is 11.8 Å². The summed E-state index contributed by atoms with van der Waals surface area (Å²) < 4.78 is 5.08. The minimum atomic E-state index is -1.17. The molecular weight excluding hydrogens is 376 g/mol. The van der Waals surface area contributed by atoms with Gasteiger partial charge in [0.1, 0.15) is 34.9 Å². The number of carbonyl (C=O) groups excluding carboxylic acids is 2. The van der Waals surface area contributed by atoms with E-state index >= 15 is 0 Å². The number of aliphatic carboxylic acids is 1. The molecule has 2 atom stereocenters. The number of aromatic nitrogens is 4. The van der Waals surface area contributed by atoms with E-state index in [1.54, 1.807) is 13.8 Å². The third-order valence-electron chi connectivity index (χ3n) is 3.53. The molecule has 0 aliphatic carbocycles. The summed E-state index contributed by atoms with van der Waals surface area (Å²) in [5, 5.41) is 14.2. The van der Waals surface area contributed by atoms with Gasteiger partial charge in [0.2, 0.25) is 5.91 Å². The SMILES string of the molecule is CC(C)[C@H](NC(=O)OCSc1ncnc2nc[nH]c12)C(=O)N[C@@H](C)C(=O)O. The van der Waals surface area contributed by atoms with Crippen molar-refractivity contribution in [3.63, 3.8) is 0 Å². The highest BCUT2D eigenvalue weighted by molar-refractivity contribution is 7.99. The standard InChI is InChI=1S/C15H20N6O5S/c1-7(2)9(12(22)20-8(3)14(23)24)21-15(25)26-6-27-13-10-11(17-4-16-10)18-5-19-13/h4-5,7-9H,6H2,1-3H3,(H,20,22)(H,21,25)(H,23,24)(H,16,17,18,19)/t8-,9-/m0/s1. The molecule has 0 saturated heterocycles. The van der Waals surface area contributed by atoms with E-state index in [-0.39, 0.29) is 11.9 Å². The Bertz CT molecular complexity index is 826. The highest BCUT2D eigenvalue weighted by Crippen LogP contribution is 2.21. The summed E-state index contributed by atoms with van der Waals surface area (Å²) in [4.78, 5) is 50.0. The molecule has 2 rings (SSSR count). The molecule has 2 heterocycles. The van der Waals surface area contributed by atoms with E-state index in [4.69, 9.17) is 9.84 Å². The van der Waals surface area contributed by atoms with Crippen LogP contribution in [0.2, 0.25) is 0 Å². The summed E-state index contributed by atoms with van der Waals surface area (Å²) >= 11 is 1.16. The van der Waals surface area contributed by atoms with Gasteiger partial charge < -0.3 is 25.5 Å². The number of rotatable bonds is 8. The Labute approximate surface area is 158 Å². The van der Waals surface area contributed by atoms with Gasteiger partial charge in [-0.25, -0.2) is 19.7 Å². The maximum atomic E-state index is 12.2. The number of nitrogens with zero attached hydrogens (tertiary/aromatic N) is 3. The molecule has 0 saturated carbocycles. The minimum Gasteiger partial charge on any atom is -0.480 e. The van der Waals surface area contributed by atoms with Crippen LogP contribution in [0.5, 0.6) is 0 Å². The Morgan fingerprint density at radius 3 is 2.63 bits per heavy atom. The topological polar surface area (TPSA) is 159 Å². The Morgan fingerprint density at radius 1 is 1.22 bits per heavy atom. The van der Waals surface area contributed by atoms with E-state index in [1.807, 2.05) is 0 Å². The van der Waals surface area contributed by atoms with Gasteiger partial charge in [0.25, 0.3) is 0 Å². The van der Waals surface area contributed by atoms with E-state index < -0.39 is 30.1 Å². The van der Waals surface area contributed by atoms with Crippen molar-refractivity contribution in [2.45, 2.75) is 37.9 Å². The van der Waals surface area contributed by atoms with Crippen LogP contribution in [-0.2, 0) is 14.3 Å². The Morgan fingerprint density at radius 2 is 1.96 bits per heavy atom. The summed E-state index contributed by atoms with van der Waals surface area (Å²) in [6.45, 7) is 4.78. The molecule has 0 aliphatic rings. The molecule has 0 radical (unpaired) electrons. The lowest BCUT2D eigenvalue weighted by Gasteiger charge is -2.22. The van der Waals surface area contributed by atoms with Crippen molar-refractivity contribution in [1.29, 1.82) is 0 Å². The summed E-state index contributed by atoms with van der Waals surface area (Å²) in [5.41, 5.74) is 1.13. The first-order chi connectivity index (χ1) is 12.8. The fraction of sp³-hybridized carbons (Fsp3) is 0.467. The molecule has 27 heavy (non-hydrogen) atoms. The summed E-state index contributed by atoms with van der Waals surface area (Å²) in [6, 6.07) is -2.00. The van der Waals surface area contributed by atoms with Gasteiger partial charge in [0, 0.05) is 0 Å². The molecule has 2 aromatic heterocycles. The van der Waals surface area contributed by atoms with Crippen LogP contribution in [0.1, 0.15) is 20.8 Å². The molecule has 0 aromatic carbocycles. The highest BCUT2D eigenvalue weighted by Gasteiger charge is 2.27. The number of carboxylic acid groups (broad SMARTS) is 1. The van der Waals surface area contributed by atoms with Gasteiger partial charge in [-0.05, 0) is 12.8 Å². The van der Waals surface area contributed by atoms with Gasteiger partial charge in [-0.1, -0.05) is 25.6 Å². The normalized spacial score (nSPS) is 13.2. The first-order valence-corrected chi connectivity index (χ1v) is 9.01. The Hall–Kier alpha value is -2.89. The zero-order valence-corrected chi connectivity index (χ0v) is 15.7. The molecular formula is C15H20N6O5S. The van der Waals surface area contributed by atoms with Crippen molar-refractivity contribution in [2.75, 3.05) is 5.94 Å². The lowest BCUT2D eigenvalue weighted by Crippen LogP contribution is -2.53. The number of thioether (sulfide) groups is 1. The van der Waals surface area contributed by atoms with Crippen molar-refractivity contribution < 1.29 is 24.2 Å². The molecule has 2 aromatic rings. The van der Waals surface area contributed by atoms with Crippen LogP contribution in [0.25, 0.3) is 11.2 Å². The molecule has 0 unspecified atom stereocenters. The summed E-state index contributed by atoms with van der Waals surface area (Å²) in [6.07, 6.45) is 2.05. The molecule has 146 valence electrons. The summed E-state index contributed by atoms with van der Waals surface area (Å²) in [5.74, 6) is -2.08. The van der Waals surface area contributed by atoms with Crippen molar-refractivity contribution in [3.05, 3.63) is 12.7 Å². The average molecular weight is 396 g/mol. The van der Waals surface area contributed by atoms with Crippen LogP contribution < -0.4 is 10.6 Å². The minimum absolute atomic E-state index is 0.0467. The number of carboxylic acids is 1. The predicted octanol–water partition coefficient (Wildman–Crippen LogP) is 0.743. The van der Waals surface area contributed by atoms with Crippen LogP contribution >= 0.6 is 11.8 Å². The van der Waals surface area contributed by atoms with Gasteiger partial charge in [-0.3, -0.25) is 9.59 Å². The van der Waals surface area contributed by atoms with Gasteiger partial charge in [0.15, 0.2) is 5.65 Å². The van der Waals surface area contributed by atoms with Crippen molar-refractivity contribution in [2.24, 2.45) is 5.92 Å². The maximum absolute atomic E-state index is 12.2. The van der Waals surface area contributed by atoms with E-state index in [9.17, 15) is 14.4 Å². The predicted molar refractivity (Wildman–Crippen MR) is 95.9 cm³/mol. The molecule has 11 nitrogen and oxygen atoms in total. The fourth-order valence-corrected chi connectivity index (χ4v) is 2.75. The number of hydrogen-bond acceptors (Lipinski definition) is 8. The molecule has 0 spiro atoms. The van der Waals surface area contributed by atoms with Crippen LogP contribution in [-0.4, -0.2) is 61.0 Å². The van der Waals surface area contributed by atoms with Gasteiger partial charge in [0.05, 0.1) is 6.33 Å². The number of amides is 2. The second-order valence-electron chi connectivity index (χ2n) is 5.91. The van der Waals surface area contributed by atoms with Gasteiger partial charge >= 0.3 is 12.1 Å². The molecule has 0 fully saturated rings. The average Bonchev–Trinajstić information content (AvgIpc) is 3.08. The van der Waals surface area contributed by atoms with E-state index in [1.165, 1.54) is 19.6 Å². The Balaban J connectivity index is 1.87.